The number of rotatable bonds is 8. The van der Waals surface area contributed by atoms with Gasteiger partial charge in [0, 0.05) is 12.8 Å². The van der Waals surface area contributed by atoms with Crippen LogP contribution in [0.5, 0.6) is 0 Å². The molecule has 0 bridgehead atoms. The van der Waals surface area contributed by atoms with Crippen LogP contribution in [0.15, 0.2) is 24.3 Å². The minimum absolute atomic E-state index is 0.0683. The van der Waals surface area contributed by atoms with Crippen molar-refractivity contribution in [1.82, 2.24) is 0 Å². The van der Waals surface area contributed by atoms with E-state index in [9.17, 15) is 9.59 Å². The summed E-state index contributed by atoms with van der Waals surface area (Å²) in [4.78, 5) is 22.3. The first kappa shape index (κ1) is 14.5. The molecule has 1 aromatic rings. The van der Waals surface area contributed by atoms with Crippen molar-refractivity contribution >= 4 is 11.6 Å². The molecule has 0 saturated carbocycles. The molecule has 0 heterocycles. The number of carbonyl (C=O) groups excluding carboxylic acids is 2. The lowest BCUT2D eigenvalue weighted by Crippen LogP contribution is -2.14. The highest BCUT2D eigenvalue weighted by Crippen LogP contribution is 2.10. The normalized spacial score (nSPS) is 10.3. The Labute approximate surface area is 107 Å². The van der Waals surface area contributed by atoms with Gasteiger partial charge in [-0.05, 0) is 24.0 Å². The van der Waals surface area contributed by atoms with Crippen molar-refractivity contribution in [2.24, 2.45) is 11.5 Å². The van der Waals surface area contributed by atoms with E-state index in [1.807, 2.05) is 24.3 Å². The molecule has 0 aliphatic rings. The Bertz CT molecular complexity index is 381. The Morgan fingerprint density at radius 1 is 0.889 bits per heavy atom. The number of benzene rings is 1. The molecule has 0 amide bonds. The fraction of sp³-hybridized carbons (Fsp3) is 0.429. The van der Waals surface area contributed by atoms with E-state index in [0.29, 0.717) is 25.7 Å². The van der Waals surface area contributed by atoms with Crippen molar-refractivity contribution in [2.75, 3.05) is 13.1 Å². The average Bonchev–Trinajstić information content (AvgIpc) is 2.42. The number of aryl methyl sites for hydroxylation is 2. The van der Waals surface area contributed by atoms with Crippen molar-refractivity contribution < 1.29 is 9.59 Å². The van der Waals surface area contributed by atoms with Crippen LogP contribution >= 0.6 is 0 Å². The summed E-state index contributed by atoms with van der Waals surface area (Å²) >= 11 is 0. The van der Waals surface area contributed by atoms with Crippen molar-refractivity contribution in [3.8, 4) is 0 Å². The summed E-state index contributed by atoms with van der Waals surface area (Å²) in [7, 11) is 0. The van der Waals surface area contributed by atoms with E-state index >= 15 is 0 Å². The first-order valence-electron chi connectivity index (χ1n) is 6.17. The lowest BCUT2D eigenvalue weighted by Gasteiger charge is -2.04. The quantitative estimate of drug-likeness (QED) is 0.705. The van der Waals surface area contributed by atoms with Crippen LogP contribution in [-0.4, -0.2) is 24.7 Å². The maximum atomic E-state index is 11.1. The zero-order valence-electron chi connectivity index (χ0n) is 10.5. The van der Waals surface area contributed by atoms with E-state index in [0.717, 1.165) is 11.1 Å². The zero-order valence-corrected chi connectivity index (χ0v) is 10.5. The van der Waals surface area contributed by atoms with Gasteiger partial charge in [-0.1, -0.05) is 24.3 Å². The molecular formula is C14H20N2O2. The molecule has 4 heteroatoms. The van der Waals surface area contributed by atoms with Crippen LogP contribution in [0.2, 0.25) is 0 Å². The fourth-order valence-electron chi connectivity index (χ4n) is 1.71. The molecule has 0 fully saturated rings. The first-order chi connectivity index (χ1) is 8.65. The van der Waals surface area contributed by atoms with Gasteiger partial charge in [-0.15, -0.1) is 0 Å². The number of ketones is 2. The molecule has 0 aliphatic heterocycles. The highest BCUT2D eigenvalue weighted by molar-refractivity contribution is 5.80. The molecule has 0 spiro atoms. The summed E-state index contributed by atoms with van der Waals surface area (Å²) in [6.45, 7) is 0.204. The van der Waals surface area contributed by atoms with Crippen LogP contribution in [0.1, 0.15) is 24.0 Å². The van der Waals surface area contributed by atoms with Crippen molar-refractivity contribution in [3.63, 3.8) is 0 Å². The largest absolute Gasteiger partial charge is 0.324 e. The predicted octanol–water partition coefficient (Wildman–Crippen LogP) is 0.607. The van der Waals surface area contributed by atoms with Gasteiger partial charge in [0.05, 0.1) is 13.1 Å². The zero-order chi connectivity index (χ0) is 13.4. The highest BCUT2D eigenvalue weighted by atomic mass is 16.1. The second kappa shape index (κ2) is 7.74. The van der Waals surface area contributed by atoms with Crippen LogP contribution < -0.4 is 11.5 Å². The van der Waals surface area contributed by atoms with Gasteiger partial charge in [0.15, 0.2) is 0 Å². The van der Waals surface area contributed by atoms with E-state index in [1.54, 1.807) is 0 Å². The molecule has 0 aliphatic carbocycles. The number of Topliss-reactive ketones (excluding diaryl/α,β-unsaturated/α-hetero) is 2. The minimum atomic E-state index is 0.0683. The molecule has 0 unspecified atom stereocenters. The SMILES string of the molecule is NCC(=O)CCc1cccc(CCC(=O)CN)c1. The summed E-state index contributed by atoms with van der Waals surface area (Å²) in [6, 6.07) is 7.95. The topological polar surface area (TPSA) is 86.2 Å². The highest BCUT2D eigenvalue weighted by Gasteiger charge is 2.03. The Balaban J connectivity index is 2.51. The van der Waals surface area contributed by atoms with Crippen molar-refractivity contribution in [3.05, 3.63) is 35.4 Å². The van der Waals surface area contributed by atoms with Crippen LogP contribution in [0.25, 0.3) is 0 Å². The van der Waals surface area contributed by atoms with E-state index in [-0.39, 0.29) is 24.7 Å². The molecule has 4 nitrogen and oxygen atoms in total. The van der Waals surface area contributed by atoms with Crippen LogP contribution in [-0.2, 0) is 22.4 Å². The Morgan fingerprint density at radius 2 is 1.33 bits per heavy atom. The molecule has 1 aromatic carbocycles. The Morgan fingerprint density at radius 3 is 1.72 bits per heavy atom. The van der Waals surface area contributed by atoms with Gasteiger partial charge in [-0.2, -0.15) is 0 Å². The monoisotopic (exact) mass is 248 g/mol. The molecule has 1 rings (SSSR count). The van der Waals surface area contributed by atoms with E-state index < -0.39 is 0 Å². The van der Waals surface area contributed by atoms with Crippen LogP contribution in [0.4, 0.5) is 0 Å². The van der Waals surface area contributed by atoms with E-state index in [1.165, 1.54) is 0 Å². The third kappa shape index (κ3) is 5.21. The van der Waals surface area contributed by atoms with Gasteiger partial charge >= 0.3 is 0 Å². The second-order valence-electron chi connectivity index (χ2n) is 4.31. The lowest BCUT2D eigenvalue weighted by molar-refractivity contribution is -0.118. The number of hydrogen-bond donors (Lipinski definition) is 2. The number of nitrogens with two attached hydrogens (primary N) is 2. The number of hydrogen-bond acceptors (Lipinski definition) is 4. The predicted molar refractivity (Wildman–Crippen MR) is 71.2 cm³/mol. The summed E-state index contributed by atoms with van der Waals surface area (Å²) in [5.74, 6) is 0.137. The van der Waals surface area contributed by atoms with Crippen LogP contribution in [0.3, 0.4) is 0 Å². The fourth-order valence-corrected chi connectivity index (χ4v) is 1.71. The van der Waals surface area contributed by atoms with Gasteiger partial charge in [-0.25, -0.2) is 0 Å². The third-order valence-corrected chi connectivity index (χ3v) is 2.83. The number of carbonyl (C=O) groups is 2. The Kier molecular flexibility index (Phi) is 6.25. The minimum Gasteiger partial charge on any atom is -0.324 e. The molecule has 4 N–H and O–H groups in total. The van der Waals surface area contributed by atoms with Gasteiger partial charge < -0.3 is 11.5 Å². The molecule has 0 atom stereocenters. The molecule has 0 radical (unpaired) electrons. The lowest BCUT2D eigenvalue weighted by atomic mass is 10.0. The van der Waals surface area contributed by atoms with E-state index in [4.69, 9.17) is 11.5 Å². The summed E-state index contributed by atoms with van der Waals surface area (Å²) in [6.07, 6.45) is 2.35. The molecule has 18 heavy (non-hydrogen) atoms. The van der Waals surface area contributed by atoms with Crippen molar-refractivity contribution in [2.45, 2.75) is 25.7 Å². The molecule has 0 aromatic heterocycles. The standard InChI is InChI=1S/C14H20N2O2/c15-9-13(17)6-4-11-2-1-3-12(8-11)5-7-14(18)10-16/h1-3,8H,4-7,9-10,15-16H2. The Hall–Kier alpha value is -1.52. The van der Waals surface area contributed by atoms with Crippen LogP contribution in [0, 0.1) is 0 Å². The first-order valence-corrected chi connectivity index (χ1v) is 6.17. The smallest absolute Gasteiger partial charge is 0.146 e. The third-order valence-electron chi connectivity index (χ3n) is 2.83. The molecule has 98 valence electrons. The second-order valence-corrected chi connectivity index (χ2v) is 4.31. The maximum absolute atomic E-state index is 11.1. The summed E-state index contributed by atoms with van der Waals surface area (Å²) in [5.41, 5.74) is 12.7. The van der Waals surface area contributed by atoms with Gasteiger partial charge in [0.2, 0.25) is 0 Å². The maximum Gasteiger partial charge on any atom is 0.146 e. The molecular weight excluding hydrogens is 228 g/mol. The van der Waals surface area contributed by atoms with Gasteiger partial charge in [-0.3, -0.25) is 9.59 Å². The van der Waals surface area contributed by atoms with E-state index in [2.05, 4.69) is 0 Å². The van der Waals surface area contributed by atoms with Gasteiger partial charge in [0.1, 0.15) is 11.6 Å². The molecule has 0 saturated heterocycles. The summed E-state index contributed by atoms with van der Waals surface area (Å²) in [5, 5.41) is 0. The van der Waals surface area contributed by atoms with Gasteiger partial charge in [0.25, 0.3) is 0 Å². The average molecular weight is 248 g/mol. The summed E-state index contributed by atoms with van der Waals surface area (Å²) < 4.78 is 0. The van der Waals surface area contributed by atoms with Crippen molar-refractivity contribution in [1.29, 1.82) is 0 Å².